The Kier molecular flexibility index (Phi) is 5.49. The minimum Gasteiger partial charge on any atom is -0.508 e. The number of anilines is 1. The lowest BCUT2D eigenvalue weighted by molar-refractivity contribution is -0.147. The van der Waals surface area contributed by atoms with Crippen LogP contribution in [0.1, 0.15) is 18.9 Å². The molecule has 0 fully saturated rings. The molecule has 1 aliphatic rings. The van der Waals surface area contributed by atoms with Gasteiger partial charge in [0.1, 0.15) is 11.3 Å². The van der Waals surface area contributed by atoms with Crippen molar-refractivity contribution in [2.45, 2.75) is 29.9 Å². The second-order valence-electron chi connectivity index (χ2n) is 7.01. The van der Waals surface area contributed by atoms with Crippen molar-refractivity contribution in [1.29, 1.82) is 0 Å². The molecule has 0 radical (unpaired) electrons. The van der Waals surface area contributed by atoms with Crippen molar-refractivity contribution in [3.05, 3.63) is 54.3 Å². The summed E-state index contributed by atoms with van der Waals surface area (Å²) in [6.07, 6.45) is 2.33. The normalized spacial score (nSPS) is 16.3. The number of phenolic OH excluding ortho intramolecular Hbond substituents is 1. The van der Waals surface area contributed by atoms with Gasteiger partial charge >= 0.3 is 5.97 Å². The molecule has 0 aliphatic carbocycles. The summed E-state index contributed by atoms with van der Waals surface area (Å²) in [5.74, 6) is -0.640. The maximum Gasteiger partial charge on any atom is 0.310 e. The quantitative estimate of drug-likeness (QED) is 0.650. The summed E-state index contributed by atoms with van der Waals surface area (Å²) in [7, 11) is 0. The standard InChI is InChI=1S/C22H21NO5S/c1-14-8-9-23(18-4-2-3-5-20(18)29-14)21(25)13-28-22(26)10-15-12-27-19-11-16(24)6-7-17(15)19/h2-7,11-12,14,24H,8-10,13H2,1H3/t14-/m0/s1. The maximum absolute atomic E-state index is 12.8. The SMILES string of the molecule is C[C@H]1CCN(C(=O)COC(=O)Cc2coc3cc(O)ccc23)c2ccccc2S1. The van der Waals surface area contributed by atoms with Crippen LogP contribution in [-0.2, 0) is 20.7 Å². The minimum atomic E-state index is -0.500. The van der Waals surface area contributed by atoms with Crippen LogP contribution in [0.15, 0.2) is 58.0 Å². The number of furan rings is 1. The Morgan fingerprint density at radius 2 is 2.10 bits per heavy atom. The Balaban J connectivity index is 1.41. The molecule has 4 rings (SSSR count). The number of carbonyl (C=O) groups is 2. The van der Waals surface area contributed by atoms with Gasteiger partial charge in [0.05, 0.1) is 18.4 Å². The summed E-state index contributed by atoms with van der Waals surface area (Å²) < 4.78 is 10.6. The zero-order valence-electron chi connectivity index (χ0n) is 16.0. The predicted molar refractivity (Wildman–Crippen MR) is 111 cm³/mol. The molecule has 1 aromatic heterocycles. The highest BCUT2D eigenvalue weighted by Gasteiger charge is 2.25. The number of phenols is 1. The summed E-state index contributed by atoms with van der Waals surface area (Å²) in [6.45, 7) is 2.44. The first-order valence-electron chi connectivity index (χ1n) is 9.42. The number of fused-ring (bicyclic) bond motifs is 2. The maximum atomic E-state index is 12.8. The zero-order chi connectivity index (χ0) is 20.4. The van der Waals surface area contributed by atoms with Gasteiger partial charge in [-0.1, -0.05) is 19.1 Å². The number of thioether (sulfide) groups is 1. The third kappa shape index (κ3) is 4.24. The number of para-hydroxylation sites is 1. The number of hydrogen-bond acceptors (Lipinski definition) is 6. The van der Waals surface area contributed by atoms with Crippen LogP contribution >= 0.6 is 11.8 Å². The van der Waals surface area contributed by atoms with Crippen molar-refractivity contribution in [3.8, 4) is 5.75 Å². The van der Waals surface area contributed by atoms with Gasteiger partial charge in [0.15, 0.2) is 6.61 Å². The van der Waals surface area contributed by atoms with Crippen LogP contribution in [0.2, 0.25) is 0 Å². The van der Waals surface area contributed by atoms with Gasteiger partial charge in [-0.05, 0) is 30.7 Å². The van der Waals surface area contributed by atoms with E-state index >= 15 is 0 Å². The summed E-state index contributed by atoms with van der Waals surface area (Å²) in [5, 5.41) is 10.6. The van der Waals surface area contributed by atoms with Gasteiger partial charge < -0.3 is 19.2 Å². The van der Waals surface area contributed by atoms with Crippen LogP contribution < -0.4 is 4.90 Å². The van der Waals surface area contributed by atoms with E-state index in [2.05, 4.69) is 6.92 Å². The molecule has 29 heavy (non-hydrogen) atoms. The first kappa shape index (κ1) is 19.4. The van der Waals surface area contributed by atoms with Gasteiger partial charge in [-0.3, -0.25) is 9.59 Å². The Morgan fingerprint density at radius 3 is 2.97 bits per heavy atom. The Hall–Kier alpha value is -2.93. The van der Waals surface area contributed by atoms with E-state index in [0.29, 0.717) is 22.9 Å². The number of aromatic hydroxyl groups is 1. The number of carbonyl (C=O) groups excluding carboxylic acids is 2. The van der Waals surface area contributed by atoms with E-state index in [1.165, 1.54) is 18.4 Å². The second-order valence-corrected chi connectivity index (χ2v) is 8.49. The third-order valence-corrected chi connectivity index (χ3v) is 6.11. The van der Waals surface area contributed by atoms with Crippen LogP contribution in [0.4, 0.5) is 5.69 Å². The van der Waals surface area contributed by atoms with E-state index in [1.807, 2.05) is 24.3 Å². The van der Waals surface area contributed by atoms with Gasteiger partial charge in [-0.15, -0.1) is 11.8 Å². The average Bonchev–Trinajstić information content (AvgIpc) is 3.00. The molecule has 2 heterocycles. The fourth-order valence-corrected chi connectivity index (χ4v) is 4.49. The molecule has 1 amide bonds. The fourth-order valence-electron chi connectivity index (χ4n) is 3.38. The highest BCUT2D eigenvalue weighted by atomic mass is 32.2. The molecule has 0 bridgehead atoms. The van der Waals surface area contributed by atoms with E-state index in [9.17, 15) is 14.7 Å². The van der Waals surface area contributed by atoms with Crippen molar-refractivity contribution in [2.24, 2.45) is 0 Å². The topological polar surface area (TPSA) is 80.0 Å². The first-order valence-corrected chi connectivity index (χ1v) is 10.3. The van der Waals surface area contributed by atoms with Gasteiger partial charge in [0.2, 0.25) is 0 Å². The highest BCUT2D eigenvalue weighted by Crippen LogP contribution is 2.37. The molecular formula is C22H21NO5S. The van der Waals surface area contributed by atoms with E-state index in [1.54, 1.807) is 22.7 Å². The largest absolute Gasteiger partial charge is 0.508 e. The van der Waals surface area contributed by atoms with E-state index in [0.717, 1.165) is 22.4 Å². The lowest BCUT2D eigenvalue weighted by atomic mass is 10.1. The number of ether oxygens (including phenoxy) is 1. The third-order valence-electron chi connectivity index (χ3n) is 4.88. The van der Waals surface area contributed by atoms with E-state index in [4.69, 9.17) is 9.15 Å². The Bertz CT molecular complexity index is 1060. The molecule has 3 aromatic rings. The summed E-state index contributed by atoms with van der Waals surface area (Å²) in [5.41, 5.74) is 2.02. The number of amides is 1. The van der Waals surface area contributed by atoms with Crippen LogP contribution in [0.5, 0.6) is 5.75 Å². The predicted octanol–water partition coefficient (Wildman–Crippen LogP) is 4.14. The molecule has 1 atom stereocenters. The van der Waals surface area contributed by atoms with E-state index < -0.39 is 5.97 Å². The van der Waals surface area contributed by atoms with Crippen LogP contribution in [0.3, 0.4) is 0 Å². The second kappa shape index (κ2) is 8.21. The van der Waals surface area contributed by atoms with Gasteiger partial charge in [0, 0.05) is 33.7 Å². The van der Waals surface area contributed by atoms with Gasteiger partial charge in [-0.2, -0.15) is 0 Å². The molecular weight excluding hydrogens is 390 g/mol. The molecule has 0 unspecified atom stereocenters. The van der Waals surface area contributed by atoms with Crippen molar-refractivity contribution < 1.29 is 23.8 Å². The van der Waals surface area contributed by atoms with Crippen molar-refractivity contribution >= 4 is 40.3 Å². The van der Waals surface area contributed by atoms with Crippen LogP contribution in [-0.4, -0.2) is 35.4 Å². The van der Waals surface area contributed by atoms with Gasteiger partial charge in [-0.25, -0.2) is 0 Å². The Morgan fingerprint density at radius 1 is 1.28 bits per heavy atom. The Labute approximate surface area is 172 Å². The molecule has 6 nitrogen and oxygen atoms in total. The first-order chi connectivity index (χ1) is 14.0. The zero-order valence-corrected chi connectivity index (χ0v) is 16.8. The number of esters is 1. The van der Waals surface area contributed by atoms with Crippen molar-refractivity contribution in [1.82, 2.24) is 0 Å². The van der Waals surface area contributed by atoms with Crippen LogP contribution in [0.25, 0.3) is 11.0 Å². The molecule has 150 valence electrons. The molecule has 0 saturated heterocycles. The lowest BCUT2D eigenvalue weighted by Crippen LogP contribution is -2.36. The summed E-state index contributed by atoms with van der Waals surface area (Å²) in [6, 6.07) is 12.5. The van der Waals surface area contributed by atoms with E-state index in [-0.39, 0.29) is 24.7 Å². The number of benzene rings is 2. The molecule has 0 saturated carbocycles. The smallest absolute Gasteiger partial charge is 0.310 e. The molecule has 0 spiro atoms. The molecule has 1 N–H and O–H groups in total. The molecule has 1 aliphatic heterocycles. The minimum absolute atomic E-state index is 0.00543. The summed E-state index contributed by atoms with van der Waals surface area (Å²) in [4.78, 5) is 27.8. The van der Waals surface area contributed by atoms with Crippen molar-refractivity contribution in [3.63, 3.8) is 0 Å². The number of nitrogens with zero attached hydrogens (tertiary/aromatic N) is 1. The average molecular weight is 411 g/mol. The van der Waals surface area contributed by atoms with Gasteiger partial charge in [0.25, 0.3) is 5.91 Å². The molecule has 7 heteroatoms. The highest BCUT2D eigenvalue weighted by molar-refractivity contribution is 8.00. The fraction of sp³-hybridized carbons (Fsp3) is 0.273. The lowest BCUT2D eigenvalue weighted by Gasteiger charge is -2.22. The monoisotopic (exact) mass is 411 g/mol. The molecule has 2 aromatic carbocycles. The van der Waals surface area contributed by atoms with Crippen LogP contribution in [0, 0.1) is 0 Å². The number of rotatable bonds is 4. The number of hydrogen-bond donors (Lipinski definition) is 1. The summed E-state index contributed by atoms with van der Waals surface area (Å²) >= 11 is 1.75. The van der Waals surface area contributed by atoms with Crippen molar-refractivity contribution in [2.75, 3.05) is 18.1 Å².